The van der Waals surface area contributed by atoms with Gasteiger partial charge in [0.15, 0.2) is 11.5 Å². The Kier molecular flexibility index (Phi) is 3.50. The number of hydrogen-bond acceptors (Lipinski definition) is 7. The summed E-state index contributed by atoms with van der Waals surface area (Å²) in [5.74, 6) is -3.11. The number of phenols is 2. The fourth-order valence-electron chi connectivity index (χ4n) is 1.95. The monoisotopic (exact) mass is 304 g/mol. The second kappa shape index (κ2) is 5.04. The summed E-state index contributed by atoms with van der Waals surface area (Å²) >= 11 is 0. The summed E-state index contributed by atoms with van der Waals surface area (Å²) in [7, 11) is 0. The zero-order chi connectivity index (χ0) is 16.7. The number of benzene rings is 1. The highest BCUT2D eigenvalue weighted by atomic mass is 16.6. The summed E-state index contributed by atoms with van der Waals surface area (Å²) in [6, 6.07) is 3.22. The van der Waals surface area contributed by atoms with Crippen LogP contribution in [0, 0.1) is 26.9 Å². The van der Waals surface area contributed by atoms with Crippen LogP contribution in [0.1, 0.15) is 25.3 Å². The molecule has 0 aromatic heterocycles. The number of nitriles is 1. The summed E-state index contributed by atoms with van der Waals surface area (Å²) in [5, 5.41) is 48.9. The van der Waals surface area contributed by atoms with Crippen LogP contribution in [0.5, 0.6) is 11.5 Å². The molecule has 0 atom stereocenters. The van der Waals surface area contributed by atoms with Crippen molar-refractivity contribution >= 4 is 17.2 Å². The quantitative estimate of drug-likeness (QED) is 0.193. The van der Waals surface area contributed by atoms with E-state index in [2.05, 4.69) is 0 Å². The van der Waals surface area contributed by atoms with Crippen molar-refractivity contribution in [3.8, 4) is 17.6 Å². The Morgan fingerprint density at radius 3 is 2.45 bits per heavy atom. The Labute approximate surface area is 124 Å². The lowest BCUT2D eigenvalue weighted by molar-refractivity contribution is -0.386. The van der Waals surface area contributed by atoms with Crippen LogP contribution in [0.2, 0.25) is 0 Å². The van der Waals surface area contributed by atoms with Crippen molar-refractivity contribution in [1.82, 2.24) is 0 Å². The number of hydrogen-bond donors (Lipinski definition) is 3. The van der Waals surface area contributed by atoms with Gasteiger partial charge in [-0.15, -0.1) is 0 Å². The maximum absolute atomic E-state index is 12.2. The Bertz CT molecular complexity index is 755. The Balaban J connectivity index is 2.59. The van der Waals surface area contributed by atoms with E-state index in [1.807, 2.05) is 0 Å². The van der Waals surface area contributed by atoms with Gasteiger partial charge in [0.1, 0.15) is 17.4 Å². The molecule has 1 fully saturated rings. The highest BCUT2D eigenvalue weighted by Crippen LogP contribution is 2.48. The Morgan fingerprint density at radius 1 is 1.41 bits per heavy atom. The fraction of sp³-hybridized carbons (Fsp3) is 0.286. The van der Waals surface area contributed by atoms with Gasteiger partial charge in [0, 0.05) is 17.0 Å². The third kappa shape index (κ3) is 2.44. The molecule has 0 amide bonds. The van der Waals surface area contributed by atoms with Crippen molar-refractivity contribution in [2.45, 2.75) is 19.8 Å². The molecule has 0 saturated heterocycles. The van der Waals surface area contributed by atoms with Gasteiger partial charge in [0.2, 0.25) is 5.75 Å². The lowest BCUT2D eigenvalue weighted by atomic mass is 9.94. The topological polar surface area (TPSA) is 145 Å². The van der Waals surface area contributed by atoms with Crippen LogP contribution in [0.15, 0.2) is 17.7 Å². The van der Waals surface area contributed by atoms with Crippen molar-refractivity contribution in [2.75, 3.05) is 0 Å². The number of nitrogens with zero attached hydrogens (tertiary/aromatic N) is 2. The summed E-state index contributed by atoms with van der Waals surface area (Å²) in [6.45, 7) is 1.65. The summed E-state index contributed by atoms with van der Waals surface area (Å²) in [5.41, 5.74) is -2.37. The third-order valence-electron chi connectivity index (χ3n) is 3.66. The number of carbonyl (C=O) groups is 1. The Morgan fingerprint density at radius 2 is 2.00 bits per heavy atom. The number of ketones is 1. The Hall–Kier alpha value is -3.08. The number of aromatic hydroxyl groups is 2. The van der Waals surface area contributed by atoms with Crippen LogP contribution >= 0.6 is 0 Å². The molecule has 1 aromatic rings. The van der Waals surface area contributed by atoms with E-state index in [9.17, 15) is 30.2 Å². The zero-order valence-corrected chi connectivity index (χ0v) is 11.5. The lowest BCUT2D eigenvalue weighted by Crippen LogP contribution is -2.15. The number of aliphatic hydroxyl groups excluding tert-OH is 1. The normalized spacial score (nSPS) is 16.4. The average Bonchev–Trinajstić information content (AvgIpc) is 3.21. The molecule has 0 radical (unpaired) electrons. The zero-order valence-electron chi connectivity index (χ0n) is 11.5. The van der Waals surface area contributed by atoms with Crippen LogP contribution in [0.4, 0.5) is 5.69 Å². The number of nitro benzene ring substituents is 1. The average molecular weight is 304 g/mol. The summed E-state index contributed by atoms with van der Waals surface area (Å²) in [4.78, 5) is 22.0. The third-order valence-corrected chi connectivity index (χ3v) is 3.66. The van der Waals surface area contributed by atoms with Crippen LogP contribution < -0.4 is 0 Å². The maximum Gasteiger partial charge on any atom is 0.315 e. The molecule has 0 heterocycles. The second-order valence-electron chi connectivity index (χ2n) is 5.35. The van der Waals surface area contributed by atoms with Gasteiger partial charge >= 0.3 is 5.69 Å². The van der Waals surface area contributed by atoms with E-state index in [4.69, 9.17) is 5.26 Å². The van der Waals surface area contributed by atoms with Crippen LogP contribution in [0.25, 0.3) is 5.76 Å². The number of aliphatic hydroxyl groups is 1. The molecule has 8 nitrogen and oxygen atoms in total. The predicted molar refractivity (Wildman–Crippen MR) is 73.9 cm³/mol. The number of nitro groups is 1. The number of allylic oxidation sites excluding steroid dienone is 1. The van der Waals surface area contributed by atoms with Crippen molar-refractivity contribution in [1.29, 1.82) is 5.26 Å². The molecule has 0 spiro atoms. The predicted octanol–water partition coefficient (Wildman–Crippen LogP) is 2.17. The van der Waals surface area contributed by atoms with Crippen molar-refractivity contribution < 1.29 is 25.0 Å². The number of carbonyl (C=O) groups excluding carboxylic acids is 1. The first-order chi connectivity index (χ1) is 10.2. The highest BCUT2D eigenvalue weighted by Gasteiger charge is 2.47. The summed E-state index contributed by atoms with van der Waals surface area (Å²) < 4.78 is 0. The van der Waals surface area contributed by atoms with E-state index < -0.39 is 44.6 Å². The first kappa shape index (κ1) is 15.3. The molecule has 1 aliphatic carbocycles. The first-order valence-electron chi connectivity index (χ1n) is 6.30. The molecule has 1 aromatic carbocycles. The van der Waals surface area contributed by atoms with E-state index in [0.29, 0.717) is 12.8 Å². The molecule has 3 N–H and O–H groups in total. The minimum Gasteiger partial charge on any atom is -0.506 e. The van der Waals surface area contributed by atoms with Gasteiger partial charge in [-0.2, -0.15) is 5.26 Å². The van der Waals surface area contributed by atoms with E-state index >= 15 is 0 Å². The smallest absolute Gasteiger partial charge is 0.315 e. The van der Waals surface area contributed by atoms with Crippen LogP contribution in [-0.4, -0.2) is 26.0 Å². The number of rotatable bonds is 4. The molecule has 1 saturated carbocycles. The van der Waals surface area contributed by atoms with Gasteiger partial charge in [0.05, 0.1) is 4.92 Å². The van der Waals surface area contributed by atoms with Gasteiger partial charge in [-0.1, -0.05) is 6.92 Å². The van der Waals surface area contributed by atoms with E-state index in [0.717, 1.165) is 12.1 Å². The standard InChI is InChI=1S/C14H12N2O6/c1-14(2-3-14)13(20)8(6-15)11(18)7-4-9(16(21)22)12(19)10(17)5-7/h4-5,17-19H,2-3H2,1H3/b11-8-. The van der Waals surface area contributed by atoms with Crippen LogP contribution in [0.3, 0.4) is 0 Å². The molecule has 0 aliphatic heterocycles. The molecule has 0 bridgehead atoms. The van der Waals surface area contributed by atoms with Gasteiger partial charge in [0.25, 0.3) is 0 Å². The lowest BCUT2D eigenvalue weighted by Gasteiger charge is -2.09. The van der Waals surface area contributed by atoms with Crippen LogP contribution in [-0.2, 0) is 4.79 Å². The number of Topliss-reactive ketones (excluding diaryl/α,β-unsaturated/α-hetero) is 1. The molecule has 1 aliphatic rings. The highest BCUT2D eigenvalue weighted by molar-refractivity contribution is 6.09. The second-order valence-corrected chi connectivity index (χ2v) is 5.35. The van der Waals surface area contributed by atoms with Crippen molar-refractivity contribution in [3.05, 3.63) is 33.4 Å². The van der Waals surface area contributed by atoms with E-state index in [1.165, 1.54) is 0 Å². The van der Waals surface area contributed by atoms with Gasteiger partial charge < -0.3 is 15.3 Å². The molecule has 0 unspecified atom stereocenters. The molecule has 22 heavy (non-hydrogen) atoms. The minimum atomic E-state index is -0.958. The number of phenolic OH excluding ortho intramolecular Hbond substituents is 2. The molecular formula is C14H12N2O6. The summed E-state index contributed by atoms with van der Waals surface area (Å²) in [6.07, 6.45) is 1.18. The molecule has 2 rings (SSSR count). The fourth-order valence-corrected chi connectivity index (χ4v) is 1.95. The van der Waals surface area contributed by atoms with Crippen molar-refractivity contribution in [3.63, 3.8) is 0 Å². The van der Waals surface area contributed by atoms with Gasteiger partial charge in [-0.05, 0) is 18.9 Å². The molecular weight excluding hydrogens is 292 g/mol. The van der Waals surface area contributed by atoms with Gasteiger partial charge in [-0.25, -0.2) is 0 Å². The first-order valence-corrected chi connectivity index (χ1v) is 6.30. The van der Waals surface area contributed by atoms with Gasteiger partial charge in [-0.3, -0.25) is 14.9 Å². The van der Waals surface area contributed by atoms with E-state index in [-0.39, 0.29) is 5.56 Å². The minimum absolute atomic E-state index is 0.295. The largest absolute Gasteiger partial charge is 0.506 e. The molecule has 114 valence electrons. The van der Waals surface area contributed by atoms with Crippen molar-refractivity contribution in [2.24, 2.45) is 5.41 Å². The molecule has 8 heteroatoms. The SMILES string of the molecule is CC1(C(=O)/C(C#N)=C(\O)c2cc(O)c(O)c([N+](=O)[O-])c2)CC1. The van der Waals surface area contributed by atoms with E-state index in [1.54, 1.807) is 13.0 Å². The maximum atomic E-state index is 12.2.